The van der Waals surface area contributed by atoms with E-state index in [1.54, 1.807) is 6.92 Å². The van der Waals surface area contributed by atoms with Gasteiger partial charge in [0.15, 0.2) is 0 Å². The van der Waals surface area contributed by atoms with Crippen molar-refractivity contribution < 1.29 is 14.3 Å². The average molecular weight is 170 g/mol. The Bertz CT molecular complexity index is 196. The molecule has 1 unspecified atom stereocenters. The van der Waals surface area contributed by atoms with Gasteiger partial charge in [-0.1, -0.05) is 0 Å². The van der Waals surface area contributed by atoms with Crippen molar-refractivity contribution in [1.29, 1.82) is 0 Å². The molecule has 0 saturated carbocycles. The SMILES string of the molecule is CCOC(=O)/C=C1/CCC(C)O1. The topological polar surface area (TPSA) is 35.5 Å². The molecule has 3 nitrogen and oxygen atoms in total. The second-order valence-electron chi connectivity index (χ2n) is 2.83. The number of hydrogen-bond donors (Lipinski definition) is 0. The fraction of sp³-hybridized carbons (Fsp3) is 0.667. The minimum absolute atomic E-state index is 0.241. The van der Waals surface area contributed by atoms with Gasteiger partial charge < -0.3 is 9.47 Å². The molecule has 0 bridgehead atoms. The first-order chi connectivity index (χ1) is 5.72. The molecule has 0 spiro atoms. The molecule has 12 heavy (non-hydrogen) atoms. The fourth-order valence-electron chi connectivity index (χ4n) is 1.14. The normalized spacial score (nSPS) is 25.5. The van der Waals surface area contributed by atoms with Crippen LogP contribution in [0.15, 0.2) is 11.8 Å². The molecule has 0 amide bonds. The summed E-state index contributed by atoms with van der Waals surface area (Å²) in [5, 5.41) is 0. The van der Waals surface area contributed by atoms with Gasteiger partial charge in [0, 0.05) is 6.42 Å². The third kappa shape index (κ3) is 2.57. The molecule has 1 saturated heterocycles. The van der Waals surface area contributed by atoms with E-state index in [0.717, 1.165) is 18.6 Å². The van der Waals surface area contributed by atoms with Gasteiger partial charge >= 0.3 is 5.97 Å². The number of ether oxygens (including phenoxy) is 2. The monoisotopic (exact) mass is 170 g/mol. The Morgan fingerprint density at radius 2 is 2.58 bits per heavy atom. The highest BCUT2D eigenvalue weighted by atomic mass is 16.5. The Kier molecular flexibility index (Phi) is 3.14. The van der Waals surface area contributed by atoms with Crippen LogP contribution in [0.5, 0.6) is 0 Å². The quantitative estimate of drug-likeness (QED) is 0.466. The van der Waals surface area contributed by atoms with E-state index in [1.807, 2.05) is 6.92 Å². The smallest absolute Gasteiger partial charge is 0.334 e. The lowest BCUT2D eigenvalue weighted by Crippen LogP contribution is -2.01. The van der Waals surface area contributed by atoms with Gasteiger partial charge in [-0.25, -0.2) is 4.79 Å². The van der Waals surface area contributed by atoms with E-state index in [1.165, 1.54) is 6.08 Å². The maximum atomic E-state index is 10.9. The van der Waals surface area contributed by atoms with Crippen molar-refractivity contribution in [3.05, 3.63) is 11.8 Å². The molecule has 1 atom stereocenters. The largest absolute Gasteiger partial charge is 0.495 e. The summed E-state index contributed by atoms with van der Waals surface area (Å²) in [5.74, 6) is 0.447. The number of allylic oxidation sites excluding steroid dienone is 1. The average Bonchev–Trinajstić information content (AvgIpc) is 2.36. The minimum atomic E-state index is -0.304. The molecule has 1 aliphatic rings. The van der Waals surface area contributed by atoms with Crippen LogP contribution in [0.2, 0.25) is 0 Å². The van der Waals surface area contributed by atoms with Crippen molar-refractivity contribution in [2.75, 3.05) is 6.61 Å². The van der Waals surface area contributed by atoms with E-state index in [9.17, 15) is 4.79 Å². The van der Waals surface area contributed by atoms with Gasteiger partial charge in [0.25, 0.3) is 0 Å². The highest BCUT2D eigenvalue weighted by Gasteiger charge is 2.16. The van der Waals surface area contributed by atoms with E-state index in [2.05, 4.69) is 0 Å². The van der Waals surface area contributed by atoms with E-state index in [4.69, 9.17) is 9.47 Å². The van der Waals surface area contributed by atoms with Crippen LogP contribution in [0.25, 0.3) is 0 Å². The highest BCUT2D eigenvalue weighted by molar-refractivity contribution is 5.82. The molecule has 0 aromatic heterocycles. The van der Waals surface area contributed by atoms with Crippen LogP contribution >= 0.6 is 0 Å². The van der Waals surface area contributed by atoms with Gasteiger partial charge in [-0.05, 0) is 20.3 Å². The predicted molar refractivity (Wildman–Crippen MR) is 44.5 cm³/mol. The molecule has 0 N–H and O–H groups in total. The van der Waals surface area contributed by atoms with Crippen LogP contribution in [0.1, 0.15) is 26.7 Å². The third-order valence-corrected chi connectivity index (χ3v) is 1.72. The van der Waals surface area contributed by atoms with E-state index >= 15 is 0 Å². The Hall–Kier alpha value is -0.990. The Morgan fingerprint density at radius 3 is 3.08 bits per heavy atom. The van der Waals surface area contributed by atoms with Crippen molar-refractivity contribution in [3.63, 3.8) is 0 Å². The molecule has 0 radical (unpaired) electrons. The first-order valence-corrected chi connectivity index (χ1v) is 4.26. The van der Waals surface area contributed by atoms with Crippen molar-refractivity contribution in [2.24, 2.45) is 0 Å². The summed E-state index contributed by atoms with van der Waals surface area (Å²) in [6.45, 7) is 4.19. The number of carbonyl (C=O) groups is 1. The van der Waals surface area contributed by atoms with Crippen LogP contribution in [0, 0.1) is 0 Å². The molecule has 68 valence electrons. The molecule has 1 aliphatic heterocycles. The van der Waals surface area contributed by atoms with E-state index in [0.29, 0.717) is 6.61 Å². The zero-order chi connectivity index (χ0) is 8.97. The third-order valence-electron chi connectivity index (χ3n) is 1.72. The molecule has 0 aliphatic carbocycles. The second kappa shape index (κ2) is 4.14. The van der Waals surface area contributed by atoms with Crippen molar-refractivity contribution in [3.8, 4) is 0 Å². The Labute approximate surface area is 72.4 Å². The predicted octanol–water partition coefficient (Wildman–Crippen LogP) is 1.63. The summed E-state index contributed by atoms with van der Waals surface area (Å²) in [6.07, 6.45) is 3.52. The summed E-state index contributed by atoms with van der Waals surface area (Å²) < 4.78 is 10.1. The summed E-state index contributed by atoms with van der Waals surface area (Å²) in [6, 6.07) is 0. The maximum absolute atomic E-state index is 10.9. The zero-order valence-electron chi connectivity index (χ0n) is 7.50. The highest BCUT2D eigenvalue weighted by Crippen LogP contribution is 2.22. The van der Waals surface area contributed by atoms with Gasteiger partial charge in [-0.15, -0.1) is 0 Å². The maximum Gasteiger partial charge on any atom is 0.334 e. The van der Waals surface area contributed by atoms with Crippen LogP contribution in [-0.2, 0) is 14.3 Å². The molecule has 1 heterocycles. The number of rotatable bonds is 2. The molecule has 1 fully saturated rings. The van der Waals surface area contributed by atoms with Crippen LogP contribution in [-0.4, -0.2) is 18.7 Å². The second-order valence-corrected chi connectivity index (χ2v) is 2.83. The van der Waals surface area contributed by atoms with Crippen LogP contribution in [0.4, 0.5) is 0 Å². The molecule has 1 rings (SSSR count). The lowest BCUT2D eigenvalue weighted by atomic mass is 10.2. The van der Waals surface area contributed by atoms with Gasteiger partial charge in [0.1, 0.15) is 5.76 Å². The van der Waals surface area contributed by atoms with Crippen molar-refractivity contribution in [2.45, 2.75) is 32.8 Å². The first kappa shape index (κ1) is 9.10. The molecular weight excluding hydrogens is 156 g/mol. The minimum Gasteiger partial charge on any atom is -0.495 e. The molecule has 0 aromatic rings. The lowest BCUT2D eigenvalue weighted by Gasteiger charge is -2.02. The number of hydrogen-bond acceptors (Lipinski definition) is 3. The first-order valence-electron chi connectivity index (χ1n) is 4.26. The van der Waals surface area contributed by atoms with Gasteiger partial charge in [0.05, 0.1) is 18.8 Å². The summed E-state index contributed by atoms with van der Waals surface area (Å²) in [7, 11) is 0. The molecule has 0 aromatic carbocycles. The lowest BCUT2D eigenvalue weighted by molar-refractivity contribution is -0.137. The summed E-state index contributed by atoms with van der Waals surface area (Å²) in [4.78, 5) is 10.9. The van der Waals surface area contributed by atoms with E-state index in [-0.39, 0.29) is 12.1 Å². The summed E-state index contributed by atoms with van der Waals surface area (Å²) >= 11 is 0. The van der Waals surface area contributed by atoms with Crippen molar-refractivity contribution >= 4 is 5.97 Å². The zero-order valence-corrected chi connectivity index (χ0v) is 7.50. The number of esters is 1. The Balaban J connectivity index is 2.41. The van der Waals surface area contributed by atoms with Gasteiger partial charge in [0.2, 0.25) is 0 Å². The summed E-state index contributed by atoms with van der Waals surface area (Å²) in [5.41, 5.74) is 0. The Morgan fingerprint density at radius 1 is 1.83 bits per heavy atom. The number of carbonyl (C=O) groups excluding carboxylic acids is 1. The molecular formula is C9H14O3. The van der Waals surface area contributed by atoms with Gasteiger partial charge in [-0.2, -0.15) is 0 Å². The van der Waals surface area contributed by atoms with E-state index < -0.39 is 0 Å². The molecule has 3 heteroatoms. The van der Waals surface area contributed by atoms with Crippen LogP contribution < -0.4 is 0 Å². The van der Waals surface area contributed by atoms with Gasteiger partial charge in [-0.3, -0.25) is 0 Å². The van der Waals surface area contributed by atoms with Crippen LogP contribution in [0.3, 0.4) is 0 Å². The van der Waals surface area contributed by atoms with Crippen molar-refractivity contribution in [1.82, 2.24) is 0 Å². The standard InChI is InChI=1S/C9H14O3/c1-3-11-9(10)6-8-5-4-7(2)12-8/h6-7H,3-5H2,1-2H3/b8-6-. The fourth-order valence-corrected chi connectivity index (χ4v) is 1.14.